The molecule has 0 aliphatic heterocycles. The number of carbonyl (C=O) groups excluding carboxylic acids is 3. The Morgan fingerprint density at radius 3 is 2.27 bits per heavy atom. The lowest BCUT2D eigenvalue weighted by molar-refractivity contribution is -0.161. The summed E-state index contributed by atoms with van der Waals surface area (Å²) < 4.78 is 0. The molecule has 0 radical (unpaired) electrons. The summed E-state index contributed by atoms with van der Waals surface area (Å²) in [5.74, 6) is -5.18. The maximum absolute atomic E-state index is 12.7. The maximum atomic E-state index is 12.7. The van der Waals surface area contributed by atoms with Gasteiger partial charge in [-0.3, -0.25) is 14.4 Å². The molecule has 6 nitrogen and oxygen atoms in total. The van der Waals surface area contributed by atoms with Gasteiger partial charge in [-0.15, -0.1) is 0 Å². The lowest BCUT2D eigenvalue weighted by atomic mass is 9.56. The molecular weight excluding hydrogens is 336 g/mol. The van der Waals surface area contributed by atoms with E-state index < -0.39 is 58.8 Å². The number of allylic oxidation sites excluding steroid dienone is 1. The molecule has 1 unspecified atom stereocenters. The predicted molar refractivity (Wildman–Crippen MR) is 92.9 cm³/mol. The quantitative estimate of drug-likeness (QED) is 0.490. The molecule has 0 amide bonds. The summed E-state index contributed by atoms with van der Waals surface area (Å²) in [4.78, 5) is 38.0. The summed E-state index contributed by atoms with van der Waals surface area (Å²) >= 11 is 0. The average molecular weight is 362 g/mol. The molecule has 6 atom stereocenters. The Morgan fingerprint density at radius 2 is 1.73 bits per heavy atom. The Labute approximate surface area is 152 Å². The molecule has 1 fully saturated rings. The molecule has 0 bridgehead atoms. The lowest BCUT2D eigenvalue weighted by Gasteiger charge is -2.49. The largest absolute Gasteiger partial charge is 0.392 e. The highest BCUT2D eigenvalue weighted by Crippen LogP contribution is 2.55. The second-order valence-corrected chi connectivity index (χ2v) is 8.32. The number of hydrogen-bond donors (Lipinski definition) is 3. The molecule has 6 heteroatoms. The topological polar surface area (TPSA) is 112 Å². The zero-order valence-electron chi connectivity index (χ0n) is 15.5. The second kappa shape index (κ2) is 5.94. The van der Waals surface area contributed by atoms with Gasteiger partial charge in [0.25, 0.3) is 0 Å². The minimum Gasteiger partial charge on any atom is -0.392 e. The van der Waals surface area contributed by atoms with E-state index in [1.165, 1.54) is 13.0 Å². The third-order valence-electron chi connectivity index (χ3n) is 6.43. The maximum Gasteiger partial charge on any atom is 0.204 e. The zero-order chi connectivity index (χ0) is 19.6. The fourth-order valence-corrected chi connectivity index (χ4v) is 5.03. The fraction of sp³-hybridized carbons (Fsp3) is 0.650. The van der Waals surface area contributed by atoms with E-state index in [9.17, 15) is 29.7 Å². The van der Waals surface area contributed by atoms with Gasteiger partial charge in [-0.25, -0.2) is 0 Å². The van der Waals surface area contributed by atoms with Gasteiger partial charge in [0.2, 0.25) is 11.6 Å². The van der Waals surface area contributed by atoms with Crippen LogP contribution in [0.25, 0.3) is 0 Å². The Morgan fingerprint density at radius 1 is 1.12 bits per heavy atom. The first-order valence-corrected chi connectivity index (χ1v) is 9.10. The Balaban J connectivity index is 2.31. The summed E-state index contributed by atoms with van der Waals surface area (Å²) in [5, 5.41) is 32.7. The van der Waals surface area contributed by atoms with Crippen LogP contribution in [0.1, 0.15) is 34.1 Å². The van der Waals surface area contributed by atoms with Gasteiger partial charge in [0.1, 0.15) is 5.60 Å². The van der Waals surface area contributed by atoms with Gasteiger partial charge in [0, 0.05) is 24.2 Å². The van der Waals surface area contributed by atoms with Crippen molar-refractivity contribution >= 4 is 17.3 Å². The molecule has 26 heavy (non-hydrogen) atoms. The second-order valence-electron chi connectivity index (χ2n) is 8.32. The first-order chi connectivity index (χ1) is 12.0. The van der Waals surface area contributed by atoms with Crippen molar-refractivity contribution in [1.82, 2.24) is 0 Å². The van der Waals surface area contributed by atoms with Gasteiger partial charge in [0.15, 0.2) is 11.4 Å². The summed E-state index contributed by atoms with van der Waals surface area (Å²) in [6.45, 7) is 6.30. The van der Waals surface area contributed by atoms with Gasteiger partial charge in [-0.2, -0.15) is 0 Å². The molecular formula is C20H26O6. The van der Waals surface area contributed by atoms with Gasteiger partial charge < -0.3 is 15.3 Å². The minimum absolute atomic E-state index is 0.103. The van der Waals surface area contributed by atoms with Crippen LogP contribution < -0.4 is 0 Å². The van der Waals surface area contributed by atoms with Crippen molar-refractivity contribution in [2.75, 3.05) is 6.61 Å². The SMILES string of the molecule is CC1C=C2[C@](O)(CC(CO)=C[C@H]3[C@H](C(C)C)C(=O)C(=O)[C@@H](C)[C@]23O)C1=O. The van der Waals surface area contributed by atoms with Gasteiger partial charge in [0.05, 0.1) is 12.5 Å². The van der Waals surface area contributed by atoms with E-state index in [0.29, 0.717) is 5.57 Å². The molecule has 0 spiro atoms. The molecule has 142 valence electrons. The van der Waals surface area contributed by atoms with E-state index in [1.807, 2.05) is 0 Å². The van der Waals surface area contributed by atoms with Crippen molar-refractivity contribution in [2.45, 2.75) is 45.3 Å². The first kappa shape index (κ1) is 19.1. The number of ketones is 3. The highest BCUT2D eigenvalue weighted by molar-refractivity contribution is 6.40. The van der Waals surface area contributed by atoms with E-state index in [1.54, 1.807) is 26.8 Å². The van der Waals surface area contributed by atoms with E-state index in [0.717, 1.165) is 0 Å². The number of rotatable bonds is 2. The molecule has 3 aliphatic rings. The van der Waals surface area contributed by atoms with Crippen LogP contribution in [0.4, 0.5) is 0 Å². The third-order valence-corrected chi connectivity index (χ3v) is 6.43. The van der Waals surface area contributed by atoms with E-state index in [2.05, 4.69) is 0 Å². The number of aliphatic hydroxyl groups is 3. The Hall–Kier alpha value is -1.63. The van der Waals surface area contributed by atoms with Gasteiger partial charge in [-0.1, -0.05) is 39.8 Å². The number of carbonyl (C=O) groups is 3. The standard InChI is InChI=1S/C20H26O6/c1-9(2)15-13-6-12(8-21)7-19(25)14(5-10(3)18(19)24)20(13,26)11(4)16(22)17(15)23/h5-6,9-11,13,15,21,25-26H,7-8H2,1-4H3/t10?,11-,13+,15+,19-,20-/m1/s1. The van der Waals surface area contributed by atoms with Crippen molar-refractivity contribution in [3.8, 4) is 0 Å². The molecule has 0 saturated heterocycles. The van der Waals surface area contributed by atoms with Crippen LogP contribution in [-0.4, -0.2) is 50.5 Å². The van der Waals surface area contributed by atoms with E-state index in [4.69, 9.17) is 0 Å². The third kappa shape index (κ3) is 2.25. The number of Topliss-reactive ketones (excluding diaryl/α,β-unsaturated/α-hetero) is 3. The van der Waals surface area contributed by atoms with Crippen LogP contribution >= 0.6 is 0 Å². The molecule has 0 aromatic carbocycles. The van der Waals surface area contributed by atoms with Crippen LogP contribution in [0.2, 0.25) is 0 Å². The van der Waals surface area contributed by atoms with Crippen molar-refractivity contribution in [1.29, 1.82) is 0 Å². The Bertz CT molecular complexity index is 747. The molecule has 3 aliphatic carbocycles. The minimum atomic E-state index is -1.96. The highest BCUT2D eigenvalue weighted by Gasteiger charge is 2.65. The van der Waals surface area contributed by atoms with Gasteiger partial charge >= 0.3 is 0 Å². The molecule has 1 saturated carbocycles. The summed E-state index contributed by atoms with van der Waals surface area (Å²) in [6, 6.07) is 0. The Kier molecular flexibility index (Phi) is 4.37. The summed E-state index contributed by atoms with van der Waals surface area (Å²) in [5.41, 5.74) is -3.31. The lowest BCUT2D eigenvalue weighted by Crippen LogP contribution is -2.62. The molecule has 3 rings (SSSR count). The first-order valence-electron chi connectivity index (χ1n) is 9.10. The van der Waals surface area contributed by atoms with Crippen LogP contribution in [0.3, 0.4) is 0 Å². The smallest absolute Gasteiger partial charge is 0.204 e. The van der Waals surface area contributed by atoms with Crippen LogP contribution in [-0.2, 0) is 14.4 Å². The molecule has 0 aromatic rings. The van der Waals surface area contributed by atoms with E-state index in [-0.39, 0.29) is 17.9 Å². The van der Waals surface area contributed by atoms with Crippen LogP contribution in [0, 0.1) is 29.6 Å². The van der Waals surface area contributed by atoms with Crippen molar-refractivity contribution in [3.63, 3.8) is 0 Å². The highest BCUT2D eigenvalue weighted by atomic mass is 16.3. The van der Waals surface area contributed by atoms with Crippen LogP contribution in [0.15, 0.2) is 23.3 Å². The monoisotopic (exact) mass is 362 g/mol. The zero-order valence-corrected chi connectivity index (χ0v) is 15.5. The summed E-state index contributed by atoms with van der Waals surface area (Å²) in [7, 11) is 0. The number of fused-ring (bicyclic) bond motifs is 3. The molecule has 3 N–H and O–H groups in total. The molecule has 0 heterocycles. The van der Waals surface area contributed by atoms with Crippen LogP contribution in [0.5, 0.6) is 0 Å². The van der Waals surface area contributed by atoms with E-state index >= 15 is 0 Å². The predicted octanol–water partition coefficient (Wildman–Crippen LogP) is 0.592. The van der Waals surface area contributed by atoms with Crippen molar-refractivity contribution in [3.05, 3.63) is 23.3 Å². The van der Waals surface area contributed by atoms with Crippen molar-refractivity contribution in [2.24, 2.45) is 29.6 Å². The fourth-order valence-electron chi connectivity index (χ4n) is 5.03. The molecule has 0 aromatic heterocycles. The van der Waals surface area contributed by atoms with Crippen molar-refractivity contribution < 1.29 is 29.7 Å². The normalized spacial score (nSPS) is 43.0. The number of aliphatic hydroxyl groups excluding tert-OH is 1. The summed E-state index contributed by atoms with van der Waals surface area (Å²) in [6.07, 6.45) is 2.98. The van der Waals surface area contributed by atoms with Gasteiger partial charge in [-0.05, 0) is 17.1 Å². The average Bonchev–Trinajstić information content (AvgIpc) is 2.75. The number of hydrogen-bond acceptors (Lipinski definition) is 6.